The molecule has 0 aliphatic carbocycles. The lowest BCUT2D eigenvalue weighted by Crippen LogP contribution is -2.45. The average molecular weight is 476 g/mol. The van der Waals surface area contributed by atoms with E-state index in [9.17, 15) is 9.59 Å². The molecule has 0 radical (unpaired) electrons. The fourth-order valence-corrected chi connectivity index (χ4v) is 4.06. The van der Waals surface area contributed by atoms with E-state index in [1.54, 1.807) is 4.90 Å². The predicted octanol–water partition coefficient (Wildman–Crippen LogP) is 5.71. The van der Waals surface area contributed by atoms with Gasteiger partial charge in [0.05, 0.1) is 24.2 Å². The van der Waals surface area contributed by atoms with Crippen molar-refractivity contribution < 1.29 is 19.1 Å². The number of ether oxygens (including phenoxy) is 2. The summed E-state index contributed by atoms with van der Waals surface area (Å²) in [6.07, 6.45) is 5.35. The van der Waals surface area contributed by atoms with Crippen molar-refractivity contribution >= 4 is 35.2 Å². The van der Waals surface area contributed by atoms with Gasteiger partial charge in [-0.3, -0.25) is 9.89 Å². The van der Waals surface area contributed by atoms with Crippen LogP contribution in [0.4, 0.5) is 16.2 Å². The largest absolute Gasteiger partial charge is 0.486 e. The van der Waals surface area contributed by atoms with E-state index in [2.05, 4.69) is 23.3 Å². The molecule has 1 atom stereocenters. The van der Waals surface area contributed by atoms with Crippen molar-refractivity contribution in [1.29, 1.82) is 0 Å². The number of nitrogens with zero attached hydrogens (tertiary/aromatic N) is 2. The Morgan fingerprint density at radius 2 is 2.06 bits per heavy atom. The first-order valence-corrected chi connectivity index (χ1v) is 12.1. The highest BCUT2D eigenvalue weighted by Crippen LogP contribution is 2.37. The van der Waals surface area contributed by atoms with Crippen LogP contribution in [0.5, 0.6) is 5.75 Å². The van der Waals surface area contributed by atoms with E-state index in [-0.39, 0.29) is 12.1 Å². The van der Waals surface area contributed by atoms with Gasteiger partial charge in [0, 0.05) is 12.1 Å². The van der Waals surface area contributed by atoms with Gasteiger partial charge < -0.3 is 19.6 Å². The van der Waals surface area contributed by atoms with Gasteiger partial charge in [-0.25, -0.2) is 4.79 Å². The molecule has 0 spiro atoms. The maximum absolute atomic E-state index is 13.2. The SMILES string of the molecule is CCCC1CN(C(=O)Nc2ccccc2)c2ccc(C3=CCC(OCC(C)(C)C=O)=NC3)cc2O1. The molecule has 0 saturated heterocycles. The summed E-state index contributed by atoms with van der Waals surface area (Å²) >= 11 is 0. The molecule has 2 aromatic rings. The molecule has 2 heterocycles. The predicted molar refractivity (Wildman–Crippen MR) is 139 cm³/mol. The van der Waals surface area contributed by atoms with Crippen LogP contribution in [-0.4, -0.2) is 44.0 Å². The highest BCUT2D eigenvalue weighted by Gasteiger charge is 2.30. The Kier molecular flexibility index (Phi) is 7.54. The highest BCUT2D eigenvalue weighted by atomic mass is 16.5. The van der Waals surface area contributed by atoms with Crippen molar-refractivity contribution in [3.05, 3.63) is 60.2 Å². The molecule has 7 heteroatoms. The third-order valence-corrected chi connectivity index (χ3v) is 6.06. The minimum atomic E-state index is -0.532. The first kappa shape index (κ1) is 24.5. The fraction of sp³-hybridized carbons (Fsp3) is 0.393. The molecule has 4 rings (SSSR count). The molecular formula is C28H33N3O4. The summed E-state index contributed by atoms with van der Waals surface area (Å²) in [5, 5.41) is 2.99. The van der Waals surface area contributed by atoms with Gasteiger partial charge >= 0.3 is 6.03 Å². The van der Waals surface area contributed by atoms with Crippen LogP contribution in [0.15, 0.2) is 59.6 Å². The number of rotatable bonds is 7. The number of urea groups is 1. The Hall–Kier alpha value is -3.61. The number of nitrogens with one attached hydrogen (secondary N) is 1. The van der Waals surface area contributed by atoms with Crippen molar-refractivity contribution in [2.45, 2.75) is 46.1 Å². The third kappa shape index (κ3) is 6.10. The Morgan fingerprint density at radius 1 is 1.26 bits per heavy atom. The molecule has 0 bridgehead atoms. The smallest absolute Gasteiger partial charge is 0.326 e. The molecule has 0 fully saturated rings. The standard InChI is InChI=1S/C28H33N3O4/c1-4-8-23-17-31(27(33)30-22-9-6-5-7-10-22)24-13-11-20(15-25(24)35-23)21-12-14-26(29-16-21)34-19-28(2,3)18-32/h5-7,9-13,15,18,23H,4,8,14,16-17,19H2,1-3H3,(H,30,33). The Labute approximate surface area is 206 Å². The van der Waals surface area contributed by atoms with Crippen LogP contribution in [-0.2, 0) is 9.53 Å². The van der Waals surface area contributed by atoms with Crippen molar-refractivity contribution in [3.63, 3.8) is 0 Å². The molecule has 0 aromatic heterocycles. The second kappa shape index (κ2) is 10.8. The van der Waals surface area contributed by atoms with E-state index in [0.29, 0.717) is 37.8 Å². The van der Waals surface area contributed by atoms with Crippen LogP contribution < -0.4 is 15.0 Å². The monoisotopic (exact) mass is 475 g/mol. The number of carbonyl (C=O) groups is 2. The van der Waals surface area contributed by atoms with Crippen molar-refractivity contribution in [2.75, 3.05) is 29.9 Å². The normalized spacial score (nSPS) is 17.5. The summed E-state index contributed by atoms with van der Waals surface area (Å²) in [6.45, 7) is 7.10. The van der Waals surface area contributed by atoms with E-state index in [0.717, 1.165) is 41.6 Å². The minimum Gasteiger partial charge on any atom is -0.486 e. The number of aliphatic imine (C=N–C) groups is 1. The molecular weight excluding hydrogens is 442 g/mol. The number of dihydropyridines is 1. The van der Waals surface area contributed by atoms with E-state index in [1.807, 2.05) is 62.4 Å². The topological polar surface area (TPSA) is 80.2 Å². The van der Waals surface area contributed by atoms with Crippen LogP contribution in [0.25, 0.3) is 5.57 Å². The quantitative estimate of drug-likeness (QED) is 0.520. The number of carbonyl (C=O) groups excluding carboxylic acids is 2. The summed E-state index contributed by atoms with van der Waals surface area (Å²) in [7, 11) is 0. The number of benzene rings is 2. The zero-order valence-corrected chi connectivity index (χ0v) is 20.6. The molecule has 0 saturated carbocycles. The van der Waals surface area contributed by atoms with Crippen LogP contribution in [0.2, 0.25) is 0 Å². The Bertz CT molecular complexity index is 1120. The van der Waals surface area contributed by atoms with Gasteiger partial charge in [-0.2, -0.15) is 0 Å². The maximum atomic E-state index is 13.2. The van der Waals surface area contributed by atoms with Gasteiger partial charge in [-0.15, -0.1) is 0 Å². The second-order valence-corrected chi connectivity index (χ2v) is 9.66. The summed E-state index contributed by atoms with van der Waals surface area (Å²) < 4.78 is 12.0. The van der Waals surface area contributed by atoms with E-state index < -0.39 is 5.41 Å². The number of anilines is 2. The van der Waals surface area contributed by atoms with Crippen molar-refractivity contribution in [2.24, 2.45) is 10.4 Å². The van der Waals surface area contributed by atoms with Crippen molar-refractivity contribution in [1.82, 2.24) is 0 Å². The summed E-state index contributed by atoms with van der Waals surface area (Å²) in [4.78, 5) is 30.6. The Balaban J connectivity index is 1.50. The van der Waals surface area contributed by atoms with Crippen LogP contribution in [0.1, 0.15) is 45.6 Å². The third-order valence-electron chi connectivity index (χ3n) is 6.06. The number of hydrogen-bond donors (Lipinski definition) is 1. The van der Waals surface area contributed by atoms with Gasteiger partial charge in [0.2, 0.25) is 0 Å². The first-order chi connectivity index (χ1) is 16.9. The number of hydrogen-bond acceptors (Lipinski definition) is 5. The second-order valence-electron chi connectivity index (χ2n) is 9.66. The lowest BCUT2D eigenvalue weighted by atomic mass is 9.97. The van der Waals surface area contributed by atoms with Gasteiger partial charge in [0.1, 0.15) is 24.7 Å². The van der Waals surface area contributed by atoms with Gasteiger partial charge in [0.15, 0.2) is 5.90 Å². The molecule has 184 valence electrons. The molecule has 1 N–H and O–H groups in total. The molecule has 2 aliphatic heterocycles. The Morgan fingerprint density at radius 3 is 2.74 bits per heavy atom. The van der Waals surface area contributed by atoms with Gasteiger partial charge in [0.25, 0.3) is 0 Å². The summed E-state index contributed by atoms with van der Waals surface area (Å²) in [5.74, 6) is 1.35. The van der Waals surface area contributed by atoms with Crippen LogP contribution in [0, 0.1) is 5.41 Å². The van der Waals surface area contributed by atoms with Crippen molar-refractivity contribution in [3.8, 4) is 5.75 Å². The maximum Gasteiger partial charge on any atom is 0.326 e. The fourth-order valence-electron chi connectivity index (χ4n) is 4.06. The average Bonchev–Trinajstić information content (AvgIpc) is 2.88. The number of para-hydroxylation sites is 1. The molecule has 2 aliphatic rings. The molecule has 35 heavy (non-hydrogen) atoms. The highest BCUT2D eigenvalue weighted by molar-refractivity contribution is 6.03. The van der Waals surface area contributed by atoms with E-state index >= 15 is 0 Å². The first-order valence-electron chi connectivity index (χ1n) is 12.1. The minimum absolute atomic E-state index is 0.0659. The molecule has 2 aromatic carbocycles. The van der Waals surface area contributed by atoms with E-state index in [4.69, 9.17) is 9.47 Å². The molecule has 1 unspecified atom stereocenters. The van der Waals surface area contributed by atoms with Crippen LogP contribution in [0.3, 0.4) is 0 Å². The zero-order chi connectivity index (χ0) is 24.8. The van der Waals surface area contributed by atoms with Gasteiger partial charge in [-0.05, 0) is 55.7 Å². The lowest BCUT2D eigenvalue weighted by Gasteiger charge is -2.35. The summed E-state index contributed by atoms with van der Waals surface area (Å²) in [6, 6.07) is 15.3. The number of aldehydes is 1. The zero-order valence-electron chi connectivity index (χ0n) is 20.6. The molecule has 2 amide bonds. The number of amides is 2. The van der Waals surface area contributed by atoms with Crippen LogP contribution >= 0.6 is 0 Å². The van der Waals surface area contributed by atoms with Gasteiger partial charge in [-0.1, -0.05) is 43.7 Å². The lowest BCUT2D eigenvalue weighted by molar-refractivity contribution is -0.116. The number of fused-ring (bicyclic) bond motifs is 1. The molecule has 7 nitrogen and oxygen atoms in total. The van der Waals surface area contributed by atoms with E-state index in [1.165, 1.54) is 0 Å². The summed E-state index contributed by atoms with van der Waals surface area (Å²) in [5.41, 5.74) is 3.08.